The Morgan fingerprint density at radius 3 is 2.08 bits per heavy atom. The summed E-state index contributed by atoms with van der Waals surface area (Å²) < 4.78 is 23.9. The van der Waals surface area contributed by atoms with Crippen LogP contribution in [0.2, 0.25) is 0 Å². The number of ether oxygens (including phenoxy) is 2. The fourth-order valence-electron chi connectivity index (χ4n) is 2.89. The van der Waals surface area contributed by atoms with Crippen LogP contribution in [0.5, 0.6) is 11.5 Å². The lowest BCUT2D eigenvalue weighted by Gasteiger charge is -2.32. The molecule has 1 atom stereocenters. The Balaban J connectivity index is 1.81. The van der Waals surface area contributed by atoms with Crippen LogP contribution in [0.3, 0.4) is 0 Å². The first-order valence-corrected chi connectivity index (χ1v) is 8.99. The molecule has 138 valence electrons. The Hall–Kier alpha value is -1.98. The van der Waals surface area contributed by atoms with Crippen molar-refractivity contribution in [1.29, 1.82) is 0 Å². The van der Waals surface area contributed by atoms with Crippen molar-refractivity contribution in [3.05, 3.63) is 54.1 Å². The number of methoxy groups -OCH3 is 1. The fraction of sp³-hybridized carbons (Fsp3) is 0.429. The van der Waals surface area contributed by atoms with E-state index in [1.807, 2.05) is 71.0 Å². The Labute approximate surface area is 156 Å². The summed E-state index contributed by atoms with van der Waals surface area (Å²) in [5.74, 6) is 1.36. The van der Waals surface area contributed by atoms with Gasteiger partial charge in [-0.2, -0.15) is 0 Å². The Kier molecular flexibility index (Phi) is 5.04. The molecule has 0 radical (unpaired) electrons. The van der Waals surface area contributed by atoms with Gasteiger partial charge in [0.2, 0.25) is 0 Å². The van der Waals surface area contributed by atoms with E-state index in [0.29, 0.717) is 11.5 Å². The Bertz CT molecular complexity index is 742. The van der Waals surface area contributed by atoms with Crippen molar-refractivity contribution < 1.29 is 18.8 Å². The van der Waals surface area contributed by atoms with Gasteiger partial charge in [-0.15, -0.1) is 0 Å². The normalized spacial score (nSPS) is 19.2. The lowest BCUT2D eigenvalue weighted by Crippen LogP contribution is -2.41. The molecule has 0 aromatic heterocycles. The van der Waals surface area contributed by atoms with Crippen LogP contribution in [0.4, 0.5) is 0 Å². The van der Waals surface area contributed by atoms with Crippen LogP contribution in [0.1, 0.15) is 46.3 Å². The molecule has 3 rings (SSSR count). The zero-order chi connectivity index (χ0) is 18.9. The van der Waals surface area contributed by atoms with Crippen molar-refractivity contribution in [3.8, 4) is 11.5 Å². The van der Waals surface area contributed by atoms with Crippen molar-refractivity contribution in [1.82, 2.24) is 0 Å². The van der Waals surface area contributed by atoms with E-state index >= 15 is 0 Å². The van der Waals surface area contributed by atoms with E-state index < -0.39 is 7.12 Å². The summed E-state index contributed by atoms with van der Waals surface area (Å²) in [7, 11) is 1.22. The lowest BCUT2D eigenvalue weighted by molar-refractivity contribution is 0.00578. The molecule has 0 unspecified atom stereocenters. The van der Waals surface area contributed by atoms with Gasteiger partial charge in [-0.25, -0.2) is 0 Å². The van der Waals surface area contributed by atoms with Gasteiger partial charge in [0.05, 0.1) is 18.3 Å². The molecule has 1 heterocycles. The maximum Gasteiger partial charge on any atom is 0.494 e. The van der Waals surface area contributed by atoms with Gasteiger partial charge in [-0.05, 0) is 57.8 Å². The van der Waals surface area contributed by atoms with Gasteiger partial charge in [0.25, 0.3) is 0 Å². The first kappa shape index (κ1) is 18.8. The molecule has 0 bridgehead atoms. The molecule has 1 fully saturated rings. The summed E-state index contributed by atoms with van der Waals surface area (Å²) in [6.07, 6.45) is -0.0761. The third-order valence-corrected chi connectivity index (χ3v) is 5.29. The van der Waals surface area contributed by atoms with E-state index in [9.17, 15) is 0 Å². The summed E-state index contributed by atoms with van der Waals surface area (Å²) in [6, 6.07) is 15.9. The second-order valence-electron chi connectivity index (χ2n) is 7.67. The van der Waals surface area contributed by atoms with Gasteiger partial charge >= 0.3 is 7.12 Å². The van der Waals surface area contributed by atoms with Crippen molar-refractivity contribution >= 4 is 12.6 Å². The topological polar surface area (TPSA) is 36.9 Å². The van der Waals surface area contributed by atoms with E-state index in [0.717, 1.165) is 11.0 Å². The quantitative estimate of drug-likeness (QED) is 0.757. The van der Waals surface area contributed by atoms with Gasteiger partial charge in [-0.3, -0.25) is 0 Å². The van der Waals surface area contributed by atoms with E-state index in [1.165, 1.54) is 0 Å². The van der Waals surface area contributed by atoms with Crippen LogP contribution in [0, 0.1) is 0 Å². The summed E-state index contributed by atoms with van der Waals surface area (Å²) in [5, 5.41) is 0. The van der Waals surface area contributed by atoms with Crippen molar-refractivity contribution in [2.24, 2.45) is 0 Å². The first-order chi connectivity index (χ1) is 12.2. The predicted octanol–water partition coefficient (Wildman–Crippen LogP) is 4.13. The Morgan fingerprint density at radius 2 is 1.50 bits per heavy atom. The molecule has 1 saturated heterocycles. The molecule has 2 aromatic carbocycles. The molecule has 0 saturated carbocycles. The largest absolute Gasteiger partial charge is 0.494 e. The Morgan fingerprint density at radius 1 is 0.885 bits per heavy atom. The third kappa shape index (κ3) is 3.60. The highest BCUT2D eigenvalue weighted by Gasteiger charge is 2.51. The number of benzene rings is 2. The highest BCUT2D eigenvalue weighted by molar-refractivity contribution is 6.62. The number of hydrogen-bond acceptors (Lipinski definition) is 4. The second-order valence-corrected chi connectivity index (χ2v) is 7.67. The monoisotopic (exact) mass is 354 g/mol. The van der Waals surface area contributed by atoms with E-state index in [4.69, 9.17) is 18.8 Å². The van der Waals surface area contributed by atoms with Crippen LogP contribution >= 0.6 is 0 Å². The van der Waals surface area contributed by atoms with Gasteiger partial charge < -0.3 is 18.8 Å². The van der Waals surface area contributed by atoms with Gasteiger partial charge in [0.1, 0.15) is 6.10 Å². The second kappa shape index (κ2) is 6.97. The molecule has 5 heteroatoms. The molecule has 0 N–H and O–H groups in total. The standard InChI is InChI=1S/C21H27BO4/c1-15(16-10-8-7-9-11-16)24-18-13-12-17(14-19(18)23-6)22-25-20(2,3)21(4,5)26-22/h7-15H,1-6H3/t15-/m0/s1. The minimum Gasteiger partial charge on any atom is -0.493 e. The number of hydrogen-bond donors (Lipinski definition) is 0. The lowest BCUT2D eigenvalue weighted by atomic mass is 9.79. The summed E-state index contributed by atoms with van der Waals surface area (Å²) in [4.78, 5) is 0. The molecular formula is C21H27BO4. The van der Waals surface area contributed by atoms with Crippen LogP contribution < -0.4 is 14.9 Å². The molecule has 0 spiro atoms. The van der Waals surface area contributed by atoms with Crippen LogP contribution in [-0.4, -0.2) is 25.4 Å². The maximum absolute atomic E-state index is 6.12. The van der Waals surface area contributed by atoms with Crippen LogP contribution in [0.15, 0.2) is 48.5 Å². The minimum absolute atomic E-state index is 0.0761. The first-order valence-electron chi connectivity index (χ1n) is 8.99. The third-order valence-electron chi connectivity index (χ3n) is 5.29. The van der Waals surface area contributed by atoms with Crippen molar-refractivity contribution in [2.45, 2.75) is 51.9 Å². The predicted molar refractivity (Wildman–Crippen MR) is 104 cm³/mol. The smallest absolute Gasteiger partial charge is 0.493 e. The molecule has 1 aliphatic heterocycles. The zero-order valence-electron chi connectivity index (χ0n) is 16.4. The highest BCUT2D eigenvalue weighted by atomic mass is 16.7. The highest BCUT2D eigenvalue weighted by Crippen LogP contribution is 2.37. The molecule has 0 aliphatic carbocycles. The number of rotatable bonds is 5. The summed E-state index contributed by atoms with van der Waals surface area (Å²) >= 11 is 0. The molecular weight excluding hydrogens is 327 g/mol. The van der Waals surface area contributed by atoms with Crippen molar-refractivity contribution in [2.75, 3.05) is 7.11 Å². The molecule has 1 aliphatic rings. The minimum atomic E-state index is -0.422. The van der Waals surface area contributed by atoms with Gasteiger partial charge in [0, 0.05) is 0 Å². The van der Waals surface area contributed by atoms with Crippen LogP contribution in [0.25, 0.3) is 0 Å². The summed E-state index contributed by atoms with van der Waals surface area (Å²) in [5.41, 5.74) is 1.29. The average Bonchev–Trinajstić information content (AvgIpc) is 2.83. The van der Waals surface area contributed by atoms with Gasteiger partial charge in [-0.1, -0.05) is 36.4 Å². The van der Waals surface area contributed by atoms with Crippen LogP contribution in [-0.2, 0) is 9.31 Å². The van der Waals surface area contributed by atoms with Crippen molar-refractivity contribution in [3.63, 3.8) is 0 Å². The zero-order valence-corrected chi connectivity index (χ0v) is 16.4. The SMILES string of the molecule is COc1cc(B2OC(C)(C)C(C)(C)O2)ccc1O[C@@H](C)c1ccccc1. The molecule has 0 amide bonds. The van der Waals surface area contributed by atoms with E-state index in [1.54, 1.807) is 7.11 Å². The van der Waals surface area contributed by atoms with E-state index in [-0.39, 0.29) is 17.3 Å². The van der Waals surface area contributed by atoms with E-state index in [2.05, 4.69) is 12.1 Å². The molecule has 2 aromatic rings. The average molecular weight is 354 g/mol. The summed E-state index contributed by atoms with van der Waals surface area (Å²) in [6.45, 7) is 10.2. The van der Waals surface area contributed by atoms with Gasteiger partial charge in [0.15, 0.2) is 11.5 Å². The molecule has 26 heavy (non-hydrogen) atoms. The fourth-order valence-corrected chi connectivity index (χ4v) is 2.89. The molecule has 4 nitrogen and oxygen atoms in total. The maximum atomic E-state index is 6.12.